The van der Waals surface area contributed by atoms with Crippen LogP contribution in [0, 0.1) is 0 Å². The van der Waals surface area contributed by atoms with Gasteiger partial charge in [0.25, 0.3) is 0 Å². The van der Waals surface area contributed by atoms with E-state index in [1.54, 1.807) is 42.7 Å². The van der Waals surface area contributed by atoms with Crippen molar-refractivity contribution in [3.05, 3.63) is 90.0 Å². The highest BCUT2D eigenvalue weighted by Gasteiger charge is 2.14. The Bertz CT molecular complexity index is 932. The van der Waals surface area contributed by atoms with E-state index in [0.29, 0.717) is 18.8 Å². The molecule has 3 rings (SSSR count). The maximum absolute atomic E-state index is 12.5. The molecule has 3 aromatic rings. The predicted octanol–water partition coefficient (Wildman–Crippen LogP) is 2.24. The van der Waals surface area contributed by atoms with Crippen molar-refractivity contribution in [2.75, 3.05) is 0 Å². The van der Waals surface area contributed by atoms with Crippen LogP contribution in [0.15, 0.2) is 78.0 Å². The van der Waals surface area contributed by atoms with E-state index in [1.165, 1.54) is 0 Å². The van der Waals surface area contributed by atoms with Crippen molar-refractivity contribution < 1.29 is 8.42 Å². The van der Waals surface area contributed by atoms with Crippen LogP contribution in [0.3, 0.4) is 0 Å². The summed E-state index contributed by atoms with van der Waals surface area (Å²) in [4.78, 5) is 8.61. The van der Waals surface area contributed by atoms with Gasteiger partial charge < -0.3 is 5.32 Å². The highest BCUT2D eigenvalue weighted by molar-refractivity contribution is 7.89. The normalized spacial score (nSPS) is 11.4. The van der Waals surface area contributed by atoms with Gasteiger partial charge >= 0.3 is 0 Å². The van der Waals surface area contributed by atoms with E-state index in [9.17, 15) is 8.42 Å². The third kappa shape index (κ3) is 5.19. The number of nitrogens with zero attached hydrogens (tertiary/aromatic N) is 2. The Labute approximate surface area is 153 Å². The zero-order valence-corrected chi connectivity index (χ0v) is 15.0. The SMILES string of the molecule is O=S(=O)(NCc1ccccn1)c1cccc(CNCc2ccccn2)c1. The second kappa shape index (κ2) is 8.66. The van der Waals surface area contributed by atoms with Crippen LogP contribution < -0.4 is 10.0 Å². The molecule has 0 bridgehead atoms. The standard InChI is InChI=1S/C19H20N4O2S/c24-26(25,23-15-18-8-2-4-11-22-18)19-9-5-6-16(12-19)13-20-14-17-7-1-3-10-21-17/h1-12,20,23H,13-15H2. The van der Waals surface area contributed by atoms with Gasteiger partial charge in [0.15, 0.2) is 0 Å². The largest absolute Gasteiger partial charge is 0.307 e. The van der Waals surface area contributed by atoms with Crippen molar-refractivity contribution >= 4 is 10.0 Å². The van der Waals surface area contributed by atoms with Crippen LogP contribution in [0.4, 0.5) is 0 Å². The van der Waals surface area contributed by atoms with Gasteiger partial charge in [-0.1, -0.05) is 24.3 Å². The summed E-state index contributed by atoms with van der Waals surface area (Å²) in [5.41, 5.74) is 2.50. The summed E-state index contributed by atoms with van der Waals surface area (Å²) in [7, 11) is -3.59. The summed E-state index contributed by atoms with van der Waals surface area (Å²) in [6, 6.07) is 18.0. The van der Waals surface area contributed by atoms with Crippen LogP contribution in [0.1, 0.15) is 17.0 Å². The molecule has 0 saturated carbocycles. The smallest absolute Gasteiger partial charge is 0.240 e. The average Bonchev–Trinajstić information content (AvgIpc) is 2.68. The molecule has 0 aliphatic rings. The molecule has 134 valence electrons. The zero-order valence-electron chi connectivity index (χ0n) is 14.2. The molecular weight excluding hydrogens is 348 g/mol. The van der Waals surface area contributed by atoms with Gasteiger partial charge in [-0.2, -0.15) is 0 Å². The van der Waals surface area contributed by atoms with Gasteiger partial charge in [0.2, 0.25) is 10.0 Å². The molecule has 2 heterocycles. The van der Waals surface area contributed by atoms with Crippen molar-refractivity contribution in [3.8, 4) is 0 Å². The van der Waals surface area contributed by atoms with Gasteiger partial charge in [0, 0.05) is 25.5 Å². The lowest BCUT2D eigenvalue weighted by atomic mass is 10.2. The summed E-state index contributed by atoms with van der Waals surface area (Å²) in [5, 5.41) is 3.27. The zero-order chi connectivity index (χ0) is 18.2. The predicted molar refractivity (Wildman–Crippen MR) is 99.5 cm³/mol. The van der Waals surface area contributed by atoms with Crippen LogP contribution in [0.2, 0.25) is 0 Å². The minimum atomic E-state index is -3.59. The third-order valence-electron chi connectivity index (χ3n) is 3.74. The number of hydrogen-bond acceptors (Lipinski definition) is 5. The van der Waals surface area contributed by atoms with E-state index < -0.39 is 10.0 Å². The van der Waals surface area contributed by atoms with Gasteiger partial charge in [0.05, 0.1) is 22.8 Å². The molecule has 0 atom stereocenters. The first kappa shape index (κ1) is 18.2. The highest BCUT2D eigenvalue weighted by Crippen LogP contribution is 2.12. The first-order valence-electron chi connectivity index (χ1n) is 8.23. The lowest BCUT2D eigenvalue weighted by Crippen LogP contribution is -2.24. The number of nitrogens with one attached hydrogen (secondary N) is 2. The monoisotopic (exact) mass is 368 g/mol. The first-order valence-corrected chi connectivity index (χ1v) is 9.71. The van der Waals surface area contributed by atoms with Gasteiger partial charge in [-0.05, 0) is 42.0 Å². The molecule has 1 aromatic carbocycles. The number of hydrogen-bond donors (Lipinski definition) is 2. The Morgan fingerprint density at radius 3 is 2.12 bits per heavy atom. The molecule has 0 saturated heterocycles. The molecule has 0 fully saturated rings. The Hall–Kier alpha value is -2.61. The van der Waals surface area contributed by atoms with E-state index in [2.05, 4.69) is 20.0 Å². The van der Waals surface area contributed by atoms with Crippen LogP contribution in [-0.2, 0) is 29.7 Å². The Kier molecular flexibility index (Phi) is 6.06. The molecule has 2 aromatic heterocycles. The van der Waals surface area contributed by atoms with Gasteiger partial charge in [-0.25, -0.2) is 13.1 Å². The van der Waals surface area contributed by atoms with E-state index >= 15 is 0 Å². The summed E-state index contributed by atoms with van der Waals surface area (Å²) >= 11 is 0. The van der Waals surface area contributed by atoms with E-state index in [0.717, 1.165) is 11.3 Å². The van der Waals surface area contributed by atoms with E-state index in [1.807, 2.05) is 30.3 Å². The Morgan fingerprint density at radius 1 is 0.769 bits per heavy atom. The fourth-order valence-corrected chi connectivity index (χ4v) is 3.48. The van der Waals surface area contributed by atoms with Crippen LogP contribution in [-0.4, -0.2) is 18.4 Å². The van der Waals surface area contributed by atoms with E-state index in [4.69, 9.17) is 0 Å². The second-order valence-corrected chi connectivity index (χ2v) is 7.48. The second-order valence-electron chi connectivity index (χ2n) is 5.72. The minimum absolute atomic E-state index is 0.158. The maximum atomic E-state index is 12.5. The fourth-order valence-electron chi connectivity index (χ4n) is 2.42. The molecule has 2 N–H and O–H groups in total. The lowest BCUT2D eigenvalue weighted by molar-refractivity contribution is 0.580. The topological polar surface area (TPSA) is 84.0 Å². The highest BCUT2D eigenvalue weighted by atomic mass is 32.2. The molecular formula is C19H20N4O2S. The molecule has 0 radical (unpaired) electrons. The lowest BCUT2D eigenvalue weighted by Gasteiger charge is -2.09. The van der Waals surface area contributed by atoms with Crippen molar-refractivity contribution in [2.24, 2.45) is 0 Å². The number of rotatable bonds is 8. The van der Waals surface area contributed by atoms with Gasteiger partial charge in [0.1, 0.15) is 0 Å². The molecule has 6 nitrogen and oxygen atoms in total. The fraction of sp³-hybridized carbons (Fsp3) is 0.158. The molecule has 0 aliphatic carbocycles. The van der Waals surface area contributed by atoms with Gasteiger partial charge in [-0.3, -0.25) is 9.97 Å². The molecule has 0 amide bonds. The summed E-state index contributed by atoms with van der Waals surface area (Å²) in [5.74, 6) is 0. The third-order valence-corrected chi connectivity index (χ3v) is 5.14. The quantitative estimate of drug-likeness (QED) is 0.637. The first-order chi connectivity index (χ1) is 12.6. The molecule has 7 heteroatoms. The number of sulfonamides is 1. The summed E-state index contributed by atoms with van der Waals surface area (Å²) in [6.45, 7) is 1.33. The van der Waals surface area contributed by atoms with E-state index in [-0.39, 0.29) is 11.4 Å². The van der Waals surface area contributed by atoms with Crippen LogP contribution >= 0.6 is 0 Å². The van der Waals surface area contributed by atoms with Crippen molar-refractivity contribution in [1.82, 2.24) is 20.0 Å². The minimum Gasteiger partial charge on any atom is -0.307 e. The average molecular weight is 368 g/mol. The van der Waals surface area contributed by atoms with Crippen molar-refractivity contribution in [3.63, 3.8) is 0 Å². The molecule has 0 aliphatic heterocycles. The van der Waals surface area contributed by atoms with Crippen molar-refractivity contribution in [2.45, 2.75) is 24.5 Å². The Morgan fingerprint density at radius 2 is 1.46 bits per heavy atom. The number of benzene rings is 1. The van der Waals surface area contributed by atoms with Gasteiger partial charge in [-0.15, -0.1) is 0 Å². The number of aromatic nitrogens is 2. The molecule has 0 spiro atoms. The maximum Gasteiger partial charge on any atom is 0.240 e. The Balaban J connectivity index is 1.60. The van der Waals surface area contributed by atoms with Crippen molar-refractivity contribution in [1.29, 1.82) is 0 Å². The number of pyridine rings is 2. The molecule has 0 unspecified atom stereocenters. The van der Waals surface area contributed by atoms with Crippen LogP contribution in [0.5, 0.6) is 0 Å². The summed E-state index contributed by atoms with van der Waals surface area (Å²) < 4.78 is 27.5. The molecule has 26 heavy (non-hydrogen) atoms. The van der Waals surface area contributed by atoms with Crippen LogP contribution in [0.25, 0.3) is 0 Å². The summed E-state index contributed by atoms with van der Waals surface area (Å²) in [6.07, 6.45) is 3.38.